The zero-order valence-corrected chi connectivity index (χ0v) is 21.4. The largest absolute Gasteiger partial charge is 0.463 e. The zero-order chi connectivity index (χ0) is 26.8. The van der Waals surface area contributed by atoms with Crippen LogP contribution < -0.4 is 16.4 Å². The molecule has 8 heteroatoms. The maximum Gasteiger partial charge on any atom is 0.293 e. The topological polar surface area (TPSA) is 128 Å². The Morgan fingerprint density at radius 1 is 1.05 bits per heavy atom. The van der Waals surface area contributed by atoms with E-state index in [0.29, 0.717) is 45.2 Å². The van der Waals surface area contributed by atoms with Crippen molar-refractivity contribution in [2.45, 2.75) is 66.2 Å². The first-order valence-electron chi connectivity index (χ1n) is 12.2. The minimum absolute atomic E-state index is 0. The fourth-order valence-corrected chi connectivity index (χ4v) is 3.28. The van der Waals surface area contributed by atoms with Crippen molar-refractivity contribution in [1.82, 2.24) is 10.6 Å². The smallest absolute Gasteiger partial charge is 0.293 e. The van der Waals surface area contributed by atoms with Gasteiger partial charge in [-0.25, -0.2) is 0 Å². The number of rotatable bonds is 10. The summed E-state index contributed by atoms with van der Waals surface area (Å²) in [6.07, 6.45) is 2.08. The Balaban J connectivity index is 0.000000718. The summed E-state index contributed by atoms with van der Waals surface area (Å²) in [5, 5.41) is 5.34. The number of nitrogens with one attached hydrogen (secondary N) is 2. The quantitative estimate of drug-likeness (QED) is 0.418. The van der Waals surface area contributed by atoms with Crippen LogP contribution in [0.4, 0.5) is 0 Å². The molecule has 0 spiro atoms. The van der Waals surface area contributed by atoms with Crippen molar-refractivity contribution in [2.24, 2.45) is 17.6 Å². The molecule has 1 aliphatic rings. The molecule has 0 aliphatic carbocycles. The van der Waals surface area contributed by atoms with Crippen molar-refractivity contribution in [2.75, 3.05) is 6.54 Å². The van der Waals surface area contributed by atoms with Gasteiger partial charge in [0.25, 0.3) is 6.47 Å². The van der Waals surface area contributed by atoms with Crippen LogP contribution in [0.1, 0.15) is 52.2 Å². The predicted molar refractivity (Wildman–Crippen MR) is 146 cm³/mol. The van der Waals surface area contributed by atoms with Crippen LogP contribution in [0.15, 0.2) is 60.7 Å². The van der Waals surface area contributed by atoms with Crippen LogP contribution in [0.3, 0.4) is 0 Å². The predicted octanol–water partition coefficient (Wildman–Crippen LogP) is 3.42. The second-order valence-corrected chi connectivity index (χ2v) is 9.18. The number of amides is 2. The number of nitrogens with two attached hydrogens (primary N) is 1. The second kappa shape index (κ2) is 19.6. The molecule has 1 heterocycles. The first kappa shape index (κ1) is 33.5. The second-order valence-electron chi connectivity index (χ2n) is 9.18. The van der Waals surface area contributed by atoms with Crippen LogP contribution in [0.2, 0.25) is 0 Å². The lowest BCUT2D eigenvalue weighted by Crippen LogP contribution is -2.47. The van der Waals surface area contributed by atoms with Gasteiger partial charge >= 0.3 is 0 Å². The molecule has 2 aromatic rings. The van der Waals surface area contributed by atoms with Crippen LogP contribution in [-0.2, 0) is 36.9 Å². The molecule has 3 atom stereocenters. The standard InChI is InChI=1S/C16H21N3O3.C8H8O2.C4H10.CH4/c17-14(8-11-4-2-1-3-5-11)16(22)19-13(10-20)9-12-6-7-18-15(12)21;9-7-10-6-8-4-2-1-3-5-8;1-4(2)3;/h1-5,10,12-14H,6-9,17H2,(H,18,21)(H,19,22);1-5,7H,6H2;4H,1-3H3;1H4. The molecule has 0 aromatic heterocycles. The minimum Gasteiger partial charge on any atom is -0.463 e. The molecule has 0 bridgehead atoms. The maximum absolute atomic E-state index is 12.1. The molecule has 3 rings (SSSR count). The third-order valence-electron chi connectivity index (χ3n) is 4.99. The number of benzene rings is 2. The molecule has 1 fully saturated rings. The average molecular weight is 514 g/mol. The van der Waals surface area contributed by atoms with E-state index in [9.17, 15) is 19.2 Å². The van der Waals surface area contributed by atoms with Gasteiger partial charge in [0.2, 0.25) is 11.8 Å². The molecule has 1 saturated heterocycles. The molecule has 2 aromatic carbocycles. The van der Waals surface area contributed by atoms with Crippen molar-refractivity contribution in [3.05, 3.63) is 71.8 Å². The van der Waals surface area contributed by atoms with Gasteiger partial charge in [-0.2, -0.15) is 0 Å². The van der Waals surface area contributed by atoms with Gasteiger partial charge in [0.1, 0.15) is 12.9 Å². The van der Waals surface area contributed by atoms with Gasteiger partial charge in [-0.3, -0.25) is 14.4 Å². The monoisotopic (exact) mass is 513 g/mol. The summed E-state index contributed by atoms with van der Waals surface area (Å²) in [5.74, 6) is 0.176. The molecule has 2 amide bonds. The van der Waals surface area contributed by atoms with Gasteiger partial charge < -0.3 is 25.9 Å². The minimum atomic E-state index is -0.720. The Hall–Kier alpha value is -3.52. The Morgan fingerprint density at radius 3 is 2.05 bits per heavy atom. The third-order valence-corrected chi connectivity index (χ3v) is 4.99. The summed E-state index contributed by atoms with van der Waals surface area (Å²) < 4.78 is 4.54. The van der Waals surface area contributed by atoms with Gasteiger partial charge in [-0.1, -0.05) is 88.9 Å². The van der Waals surface area contributed by atoms with Crippen molar-refractivity contribution in [3.8, 4) is 0 Å². The first-order valence-corrected chi connectivity index (χ1v) is 12.2. The highest BCUT2D eigenvalue weighted by Gasteiger charge is 2.28. The molecule has 37 heavy (non-hydrogen) atoms. The Kier molecular flexibility index (Phi) is 17.8. The summed E-state index contributed by atoms with van der Waals surface area (Å²) in [6.45, 7) is 7.94. The molecule has 1 aliphatic heterocycles. The van der Waals surface area contributed by atoms with Crippen molar-refractivity contribution in [1.29, 1.82) is 0 Å². The summed E-state index contributed by atoms with van der Waals surface area (Å²) in [7, 11) is 0. The van der Waals surface area contributed by atoms with E-state index < -0.39 is 12.1 Å². The van der Waals surface area contributed by atoms with Crippen molar-refractivity contribution < 1.29 is 23.9 Å². The molecule has 3 unspecified atom stereocenters. The molecule has 204 valence electrons. The number of hydrogen-bond acceptors (Lipinski definition) is 6. The SMILES string of the molecule is C.CC(C)C.NC(Cc1ccccc1)C(=O)NC(C=O)CC1CCNC1=O.O=COCc1ccccc1. The van der Waals surface area contributed by atoms with Gasteiger partial charge in [0.15, 0.2) is 0 Å². The fourth-order valence-electron chi connectivity index (χ4n) is 3.28. The van der Waals surface area contributed by atoms with E-state index in [4.69, 9.17) is 5.73 Å². The van der Waals surface area contributed by atoms with Gasteiger partial charge in [-0.05, 0) is 36.3 Å². The maximum atomic E-state index is 12.1. The van der Waals surface area contributed by atoms with Crippen LogP contribution in [0.5, 0.6) is 0 Å². The summed E-state index contributed by atoms with van der Waals surface area (Å²) in [4.78, 5) is 44.5. The van der Waals surface area contributed by atoms with Crippen molar-refractivity contribution in [3.63, 3.8) is 0 Å². The Labute approximate surface area is 221 Å². The lowest BCUT2D eigenvalue weighted by Gasteiger charge is -2.18. The third kappa shape index (κ3) is 15.3. The highest BCUT2D eigenvalue weighted by molar-refractivity contribution is 5.85. The molecule has 0 radical (unpaired) electrons. The normalized spacial score (nSPS) is 15.3. The summed E-state index contributed by atoms with van der Waals surface area (Å²) >= 11 is 0. The summed E-state index contributed by atoms with van der Waals surface area (Å²) in [6, 6.07) is 17.6. The lowest BCUT2D eigenvalue weighted by atomic mass is 9.98. The van der Waals surface area contributed by atoms with E-state index in [2.05, 4.69) is 36.1 Å². The average Bonchev–Trinajstić information content (AvgIpc) is 3.27. The van der Waals surface area contributed by atoms with Crippen LogP contribution in [-0.4, -0.2) is 43.2 Å². The van der Waals surface area contributed by atoms with E-state index in [-0.39, 0.29) is 25.2 Å². The number of carbonyl (C=O) groups is 4. The molecule has 4 N–H and O–H groups in total. The first-order chi connectivity index (χ1) is 17.3. The van der Waals surface area contributed by atoms with E-state index in [1.54, 1.807) is 0 Å². The van der Waals surface area contributed by atoms with Crippen LogP contribution in [0.25, 0.3) is 0 Å². The van der Waals surface area contributed by atoms with Gasteiger partial charge in [0, 0.05) is 12.5 Å². The molecular weight excluding hydrogens is 470 g/mol. The number of ether oxygens (including phenoxy) is 1. The number of aldehydes is 1. The van der Waals surface area contributed by atoms with E-state index in [1.807, 2.05) is 60.7 Å². The molecule has 8 nitrogen and oxygen atoms in total. The van der Waals surface area contributed by atoms with Crippen LogP contribution >= 0.6 is 0 Å². The lowest BCUT2D eigenvalue weighted by molar-refractivity contribution is -0.129. The number of carbonyl (C=O) groups excluding carboxylic acids is 4. The van der Waals surface area contributed by atoms with Gasteiger partial charge in [-0.15, -0.1) is 0 Å². The fraction of sp³-hybridized carbons (Fsp3) is 0.448. The summed E-state index contributed by atoms with van der Waals surface area (Å²) in [5.41, 5.74) is 7.85. The van der Waals surface area contributed by atoms with E-state index in [1.165, 1.54) is 0 Å². The zero-order valence-electron chi connectivity index (χ0n) is 21.4. The number of hydrogen-bond donors (Lipinski definition) is 3. The van der Waals surface area contributed by atoms with Crippen molar-refractivity contribution >= 4 is 24.6 Å². The Morgan fingerprint density at radius 2 is 1.59 bits per heavy atom. The van der Waals surface area contributed by atoms with Gasteiger partial charge in [0.05, 0.1) is 12.1 Å². The highest BCUT2D eigenvalue weighted by atomic mass is 16.5. The van der Waals surface area contributed by atoms with Crippen LogP contribution in [0, 0.1) is 11.8 Å². The van der Waals surface area contributed by atoms with E-state index in [0.717, 1.165) is 17.0 Å². The highest BCUT2D eigenvalue weighted by Crippen LogP contribution is 2.15. The molecule has 0 saturated carbocycles. The molecular formula is C29H43N3O5. The Bertz CT molecular complexity index is 904. The van der Waals surface area contributed by atoms with E-state index >= 15 is 0 Å².